The molecular formula is C23H21N3O7S. The van der Waals surface area contributed by atoms with E-state index >= 15 is 0 Å². The number of fused-ring (bicyclic) bond motifs is 1. The lowest BCUT2D eigenvalue weighted by atomic mass is 9.96. The first kappa shape index (κ1) is 23.2. The maximum Gasteiger partial charge on any atom is 0.433 e. The first-order valence-corrected chi connectivity index (χ1v) is 11.3. The van der Waals surface area contributed by atoms with Gasteiger partial charge in [0, 0.05) is 6.08 Å². The van der Waals surface area contributed by atoms with Crippen LogP contribution in [0.1, 0.15) is 38.1 Å². The molecule has 4 rings (SSSR count). The molecule has 10 nitrogen and oxygen atoms in total. The quantitative estimate of drug-likeness (QED) is 0.287. The number of hydrogen-bond acceptors (Lipinski definition) is 9. The van der Waals surface area contributed by atoms with Crippen molar-refractivity contribution in [1.82, 2.24) is 4.57 Å². The van der Waals surface area contributed by atoms with Crippen molar-refractivity contribution in [3.63, 3.8) is 0 Å². The zero-order chi connectivity index (χ0) is 24.4. The topological polar surface area (TPSA) is 126 Å². The van der Waals surface area contributed by atoms with Crippen LogP contribution < -0.4 is 19.6 Å². The third-order valence-electron chi connectivity index (χ3n) is 5.09. The number of thiazole rings is 1. The van der Waals surface area contributed by atoms with E-state index in [0.29, 0.717) is 28.4 Å². The highest BCUT2D eigenvalue weighted by Crippen LogP contribution is 2.31. The summed E-state index contributed by atoms with van der Waals surface area (Å²) in [5, 5.41) is 10.9. The fraction of sp³-hybridized carbons (Fsp3) is 0.261. The van der Waals surface area contributed by atoms with Gasteiger partial charge in [0.2, 0.25) is 0 Å². The summed E-state index contributed by atoms with van der Waals surface area (Å²) < 4.78 is 17.6. The van der Waals surface area contributed by atoms with Gasteiger partial charge < -0.3 is 13.9 Å². The Kier molecular flexibility index (Phi) is 6.46. The smallest absolute Gasteiger partial charge is 0.433 e. The van der Waals surface area contributed by atoms with Crippen molar-refractivity contribution in [2.75, 3.05) is 13.2 Å². The first-order valence-electron chi connectivity index (χ1n) is 10.5. The molecule has 3 aromatic rings. The second kappa shape index (κ2) is 9.48. The number of nitro groups is 1. The van der Waals surface area contributed by atoms with Crippen LogP contribution in [0.25, 0.3) is 6.08 Å². The summed E-state index contributed by atoms with van der Waals surface area (Å²) in [6, 6.07) is 8.99. The van der Waals surface area contributed by atoms with Crippen LogP contribution in [0.2, 0.25) is 0 Å². The number of carbonyl (C=O) groups is 1. The molecule has 0 bridgehead atoms. The lowest BCUT2D eigenvalue weighted by Crippen LogP contribution is -2.39. The van der Waals surface area contributed by atoms with Gasteiger partial charge in [0.25, 0.3) is 5.56 Å². The zero-order valence-electron chi connectivity index (χ0n) is 18.6. The number of ether oxygens (including phenoxy) is 2. The van der Waals surface area contributed by atoms with E-state index in [1.54, 1.807) is 38.1 Å². The van der Waals surface area contributed by atoms with E-state index in [1.165, 1.54) is 22.8 Å². The number of furan rings is 1. The Morgan fingerprint density at radius 3 is 2.59 bits per heavy atom. The predicted octanol–water partition coefficient (Wildman–Crippen LogP) is 2.70. The molecule has 1 aromatic carbocycles. The lowest BCUT2D eigenvalue weighted by molar-refractivity contribution is -0.402. The van der Waals surface area contributed by atoms with E-state index in [9.17, 15) is 19.7 Å². The van der Waals surface area contributed by atoms with Gasteiger partial charge in [-0.1, -0.05) is 23.5 Å². The maximum atomic E-state index is 13.5. The summed E-state index contributed by atoms with van der Waals surface area (Å²) in [4.78, 5) is 41.5. The van der Waals surface area contributed by atoms with Crippen molar-refractivity contribution < 1.29 is 23.6 Å². The summed E-state index contributed by atoms with van der Waals surface area (Å²) in [5.41, 5.74) is 0.982. The van der Waals surface area contributed by atoms with Gasteiger partial charge >= 0.3 is 11.9 Å². The van der Waals surface area contributed by atoms with Crippen LogP contribution >= 0.6 is 11.3 Å². The predicted molar refractivity (Wildman–Crippen MR) is 123 cm³/mol. The molecule has 2 aromatic heterocycles. The fourth-order valence-corrected chi connectivity index (χ4v) is 4.69. The molecule has 0 amide bonds. The summed E-state index contributed by atoms with van der Waals surface area (Å²) in [7, 11) is 0. The van der Waals surface area contributed by atoms with E-state index in [2.05, 4.69) is 4.99 Å². The minimum atomic E-state index is -0.765. The Labute approximate surface area is 197 Å². The molecule has 34 heavy (non-hydrogen) atoms. The molecule has 0 N–H and O–H groups in total. The van der Waals surface area contributed by atoms with E-state index in [1.807, 2.05) is 6.92 Å². The molecule has 0 spiro atoms. The Morgan fingerprint density at radius 2 is 1.97 bits per heavy atom. The average Bonchev–Trinajstić information content (AvgIpc) is 3.39. The van der Waals surface area contributed by atoms with Crippen molar-refractivity contribution in [2.24, 2.45) is 4.99 Å². The summed E-state index contributed by atoms with van der Waals surface area (Å²) in [6.07, 6.45) is 1.43. The first-order chi connectivity index (χ1) is 16.3. The zero-order valence-corrected chi connectivity index (χ0v) is 19.5. The standard InChI is InChI=1S/C23H21N3O7S/c1-4-31-15-8-6-14(7-9-15)20-19(22(28)32-5-2)13(3)24-23-25(20)21(27)17(34-23)12-16-10-11-18(33-16)26(29)30/h6-12,20H,4-5H2,1-3H3/b17-12-/t20-/m0/s1. The van der Waals surface area contributed by atoms with Crippen molar-refractivity contribution in [2.45, 2.75) is 26.8 Å². The van der Waals surface area contributed by atoms with Crippen LogP contribution in [0.5, 0.6) is 5.75 Å². The Morgan fingerprint density at radius 1 is 1.24 bits per heavy atom. The molecule has 1 atom stereocenters. The molecule has 3 heterocycles. The largest absolute Gasteiger partial charge is 0.494 e. The molecule has 0 radical (unpaired) electrons. The van der Waals surface area contributed by atoms with Crippen LogP contribution in [-0.2, 0) is 9.53 Å². The fourth-order valence-electron chi connectivity index (χ4n) is 3.67. The van der Waals surface area contributed by atoms with Crippen molar-refractivity contribution in [3.05, 3.63) is 88.8 Å². The molecule has 0 unspecified atom stereocenters. The van der Waals surface area contributed by atoms with Gasteiger partial charge in [-0.05, 0) is 44.5 Å². The molecule has 176 valence electrons. The molecule has 0 fully saturated rings. The van der Waals surface area contributed by atoms with E-state index in [4.69, 9.17) is 13.9 Å². The number of carbonyl (C=O) groups excluding carboxylic acids is 1. The van der Waals surface area contributed by atoms with E-state index in [0.717, 1.165) is 11.3 Å². The van der Waals surface area contributed by atoms with Gasteiger partial charge in [-0.2, -0.15) is 0 Å². The van der Waals surface area contributed by atoms with Crippen LogP contribution in [-0.4, -0.2) is 28.7 Å². The van der Waals surface area contributed by atoms with Crippen molar-refractivity contribution in [1.29, 1.82) is 0 Å². The minimum absolute atomic E-state index is 0.163. The number of rotatable bonds is 7. The highest BCUT2D eigenvalue weighted by Gasteiger charge is 2.33. The minimum Gasteiger partial charge on any atom is -0.494 e. The van der Waals surface area contributed by atoms with Gasteiger partial charge in [-0.3, -0.25) is 19.5 Å². The third kappa shape index (κ3) is 4.29. The Balaban J connectivity index is 1.89. The van der Waals surface area contributed by atoms with Gasteiger partial charge in [0.15, 0.2) is 4.80 Å². The number of aromatic nitrogens is 1. The highest BCUT2D eigenvalue weighted by molar-refractivity contribution is 7.07. The SMILES string of the molecule is CCOC(=O)C1=C(C)N=c2s/c(=C\c3ccc([N+](=O)[O-])o3)c(=O)n2[C@H]1c1ccc(OCC)cc1. The van der Waals surface area contributed by atoms with Crippen LogP contribution in [0, 0.1) is 10.1 Å². The van der Waals surface area contributed by atoms with Crippen molar-refractivity contribution in [3.8, 4) is 5.75 Å². The van der Waals surface area contributed by atoms with Gasteiger partial charge in [-0.25, -0.2) is 9.79 Å². The second-order valence-electron chi connectivity index (χ2n) is 7.24. The molecular weight excluding hydrogens is 462 g/mol. The van der Waals surface area contributed by atoms with E-state index in [-0.39, 0.29) is 22.5 Å². The Bertz CT molecular complexity index is 1460. The summed E-state index contributed by atoms with van der Waals surface area (Å²) in [5.74, 6) is -0.155. The number of nitrogens with zero attached hydrogens (tertiary/aromatic N) is 3. The highest BCUT2D eigenvalue weighted by atomic mass is 32.1. The number of allylic oxidation sites excluding steroid dienone is 1. The van der Waals surface area contributed by atoms with Gasteiger partial charge in [0.1, 0.15) is 16.4 Å². The van der Waals surface area contributed by atoms with Crippen molar-refractivity contribution >= 4 is 29.3 Å². The molecule has 1 aliphatic heterocycles. The normalized spacial score (nSPS) is 15.6. The molecule has 0 aliphatic carbocycles. The van der Waals surface area contributed by atoms with Crippen LogP contribution in [0.15, 0.2) is 61.9 Å². The van der Waals surface area contributed by atoms with Gasteiger partial charge in [0.05, 0.1) is 41.1 Å². The number of benzene rings is 1. The maximum absolute atomic E-state index is 13.5. The molecule has 0 saturated carbocycles. The monoisotopic (exact) mass is 483 g/mol. The number of esters is 1. The molecule has 11 heteroatoms. The Hall–Kier alpha value is -3.99. The van der Waals surface area contributed by atoms with Gasteiger partial charge in [-0.15, -0.1) is 0 Å². The summed E-state index contributed by atoms with van der Waals surface area (Å²) in [6.45, 7) is 5.96. The molecule has 0 saturated heterocycles. The van der Waals surface area contributed by atoms with Crippen LogP contribution in [0.4, 0.5) is 5.88 Å². The van der Waals surface area contributed by atoms with Crippen LogP contribution in [0.3, 0.4) is 0 Å². The molecule has 1 aliphatic rings. The lowest BCUT2D eigenvalue weighted by Gasteiger charge is -2.24. The third-order valence-corrected chi connectivity index (χ3v) is 6.07. The van der Waals surface area contributed by atoms with E-state index < -0.39 is 28.4 Å². The average molecular weight is 484 g/mol. The second-order valence-corrected chi connectivity index (χ2v) is 8.25. The summed E-state index contributed by atoms with van der Waals surface area (Å²) >= 11 is 1.10. The number of hydrogen-bond donors (Lipinski definition) is 0.